The van der Waals surface area contributed by atoms with Crippen LogP contribution < -0.4 is 4.18 Å². The number of hydrogen-bond acceptors (Lipinski definition) is 4. The van der Waals surface area contributed by atoms with Crippen LogP contribution in [0, 0.1) is 0 Å². The average molecular weight is 342 g/mol. The van der Waals surface area contributed by atoms with Gasteiger partial charge in [0.1, 0.15) is 5.75 Å². The highest BCUT2D eigenvalue weighted by Gasteiger charge is 2.20. The molecule has 0 saturated carbocycles. The Kier molecular flexibility index (Phi) is 6.87. The molecule has 0 fully saturated rings. The van der Waals surface area contributed by atoms with Crippen LogP contribution in [-0.4, -0.2) is 50.1 Å². The van der Waals surface area contributed by atoms with Gasteiger partial charge in [-0.3, -0.25) is 0 Å². The number of carbonyl (C=O) groups is 1. The lowest BCUT2D eigenvalue weighted by Crippen LogP contribution is -2.43. The number of amides is 2. The predicted octanol–water partition coefficient (Wildman–Crippen LogP) is 2.70. The molecule has 1 rings (SSSR count). The summed E-state index contributed by atoms with van der Waals surface area (Å²) in [4.78, 5) is 15.6. The maximum Gasteiger partial charge on any atom is 0.320 e. The first-order valence-electron chi connectivity index (χ1n) is 7.69. The second-order valence-corrected chi connectivity index (χ2v) is 7.50. The highest BCUT2D eigenvalue weighted by molar-refractivity contribution is 7.87. The Labute approximate surface area is 139 Å². The van der Waals surface area contributed by atoms with Gasteiger partial charge in [-0.1, -0.05) is 19.1 Å². The summed E-state index contributed by atoms with van der Waals surface area (Å²) in [5.41, 5.74) is 0.918. The zero-order valence-corrected chi connectivity index (χ0v) is 15.3. The highest BCUT2D eigenvalue weighted by atomic mass is 32.2. The van der Waals surface area contributed by atoms with Crippen LogP contribution >= 0.6 is 0 Å². The summed E-state index contributed by atoms with van der Waals surface area (Å²) < 4.78 is 27.8. The van der Waals surface area contributed by atoms with Gasteiger partial charge in [-0.05, 0) is 38.0 Å². The van der Waals surface area contributed by atoms with E-state index in [0.717, 1.165) is 12.0 Å². The van der Waals surface area contributed by atoms with E-state index < -0.39 is 10.1 Å². The van der Waals surface area contributed by atoms with Crippen LogP contribution in [0.3, 0.4) is 0 Å². The summed E-state index contributed by atoms with van der Waals surface area (Å²) in [5.74, 6) is 0.207. The topological polar surface area (TPSA) is 66.9 Å². The maximum atomic E-state index is 12.3. The van der Waals surface area contributed by atoms with E-state index in [1.54, 1.807) is 48.2 Å². The van der Waals surface area contributed by atoms with Crippen molar-refractivity contribution in [3.8, 4) is 5.75 Å². The van der Waals surface area contributed by atoms with Crippen LogP contribution in [0.1, 0.15) is 32.8 Å². The lowest BCUT2D eigenvalue weighted by molar-refractivity contribution is 0.148. The molecule has 0 heterocycles. The van der Waals surface area contributed by atoms with Gasteiger partial charge in [-0.2, -0.15) is 8.42 Å². The van der Waals surface area contributed by atoms with Gasteiger partial charge in [0.2, 0.25) is 0 Å². The van der Waals surface area contributed by atoms with Crippen molar-refractivity contribution >= 4 is 16.1 Å². The molecule has 0 bridgehead atoms. The second-order valence-electron chi connectivity index (χ2n) is 5.64. The molecule has 0 saturated heterocycles. The van der Waals surface area contributed by atoms with E-state index in [1.807, 2.05) is 13.8 Å². The SMILES string of the molecule is CCC(C)N(Cc1ccc(OS(=O)(=O)CC)cc1)C(=O)N(C)C. The molecule has 0 aromatic heterocycles. The largest absolute Gasteiger partial charge is 0.382 e. The van der Waals surface area contributed by atoms with E-state index in [2.05, 4.69) is 0 Å². The summed E-state index contributed by atoms with van der Waals surface area (Å²) >= 11 is 0. The van der Waals surface area contributed by atoms with Crippen LogP contribution in [0.15, 0.2) is 24.3 Å². The van der Waals surface area contributed by atoms with Crippen molar-refractivity contribution in [1.29, 1.82) is 0 Å². The molecule has 0 aliphatic rings. The van der Waals surface area contributed by atoms with Crippen molar-refractivity contribution in [1.82, 2.24) is 9.80 Å². The molecule has 130 valence electrons. The summed E-state index contributed by atoms with van der Waals surface area (Å²) in [5, 5.41) is 0. The number of benzene rings is 1. The minimum Gasteiger partial charge on any atom is -0.382 e. The Morgan fingerprint density at radius 2 is 1.74 bits per heavy atom. The van der Waals surface area contributed by atoms with E-state index in [9.17, 15) is 13.2 Å². The molecule has 0 spiro atoms. The molecule has 7 heteroatoms. The Bertz CT molecular complexity index is 611. The first kappa shape index (κ1) is 19.3. The van der Waals surface area contributed by atoms with E-state index in [-0.39, 0.29) is 23.6 Å². The monoisotopic (exact) mass is 342 g/mol. The molecule has 1 aromatic rings. The number of nitrogens with zero attached hydrogens (tertiary/aromatic N) is 2. The molecule has 1 atom stereocenters. The van der Waals surface area contributed by atoms with Gasteiger partial charge in [0, 0.05) is 26.7 Å². The molecular formula is C16H26N2O4S. The van der Waals surface area contributed by atoms with Gasteiger partial charge in [0.05, 0.1) is 5.75 Å². The Hall–Kier alpha value is -1.76. The Morgan fingerprint density at radius 3 is 2.17 bits per heavy atom. The lowest BCUT2D eigenvalue weighted by atomic mass is 10.1. The first-order valence-corrected chi connectivity index (χ1v) is 9.27. The van der Waals surface area contributed by atoms with Crippen LogP contribution in [0.2, 0.25) is 0 Å². The van der Waals surface area contributed by atoms with Crippen molar-refractivity contribution in [2.24, 2.45) is 0 Å². The Morgan fingerprint density at radius 1 is 1.17 bits per heavy atom. The molecule has 23 heavy (non-hydrogen) atoms. The first-order chi connectivity index (χ1) is 10.7. The maximum absolute atomic E-state index is 12.3. The van der Waals surface area contributed by atoms with Crippen LogP contribution in [-0.2, 0) is 16.7 Å². The van der Waals surface area contributed by atoms with Gasteiger partial charge in [-0.15, -0.1) is 0 Å². The highest BCUT2D eigenvalue weighted by Crippen LogP contribution is 2.18. The van der Waals surface area contributed by atoms with E-state index in [1.165, 1.54) is 6.92 Å². The zero-order valence-electron chi connectivity index (χ0n) is 14.4. The van der Waals surface area contributed by atoms with Crippen molar-refractivity contribution in [2.75, 3.05) is 19.8 Å². The molecule has 0 aliphatic heterocycles. The predicted molar refractivity (Wildman–Crippen MR) is 90.9 cm³/mol. The number of rotatable bonds is 7. The number of carbonyl (C=O) groups excluding carboxylic acids is 1. The molecular weight excluding hydrogens is 316 g/mol. The molecule has 0 N–H and O–H groups in total. The molecule has 0 aliphatic carbocycles. The second kappa shape index (κ2) is 8.19. The third-order valence-corrected chi connectivity index (χ3v) is 4.76. The number of hydrogen-bond donors (Lipinski definition) is 0. The minimum absolute atomic E-state index is 0.0479. The summed E-state index contributed by atoms with van der Waals surface area (Å²) in [7, 11) is -0.0688. The third-order valence-electron chi connectivity index (χ3n) is 3.60. The fourth-order valence-corrected chi connectivity index (χ4v) is 2.46. The van der Waals surface area contributed by atoms with E-state index in [4.69, 9.17) is 4.18 Å². The van der Waals surface area contributed by atoms with Gasteiger partial charge in [-0.25, -0.2) is 4.79 Å². The molecule has 1 aromatic carbocycles. The standard InChI is InChI=1S/C16H26N2O4S/c1-6-13(3)18(16(19)17(4)5)12-14-8-10-15(11-9-14)22-23(20,21)7-2/h8-11,13H,6-7,12H2,1-5H3. The van der Waals surface area contributed by atoms with Crippen molar-refractivity contribution in [3.05, 3.63) is 29.8 Å². The van der Waals surface area contributed by atoms with Gasteiger partial charge in [0.15, 0.2) is 0 Å². The van der Waals surface area contributed by atoms with E-state index >= 15 is 0 Å². The fourth-order valence-electron chi connectivity index (χ4n) is 1.94. The molecule has 2 amide bonds. The van der Waals surface area contributed by atoms with Crippen LogP contribution in [0.5, 0.6) is 5.75 Å². The van der Waals surface area contributed by atoms with Crippen LogP contribution in [0.25, 0.3) is 0 Å². The van der Waals surface area contributed by atoms with Gasteiger partial charge in [0.25, 0.3) is 0 Å². The quantitative estimate of drug-likeness (QED) is 0.715. The van der Waals surface area contributed by atoms with Gasteiger partial charge >= 0.3 is 16.1 Å². The summed E-state index contributed by atoms with van der Waals surface area (Å²) in [6, 6.07) is 6.83. The van der Waals surface area contributed by atoms with Crippen molar-refractivity contribution < 1.29 is 17.4 Å². The minimum atomic E-state index is -3.52. The molecule has 0 radical (unpaired) electrons. The lowest BCUT2D eigenvalue weighted by Gasteiger charge is -2.31. The van der Waals surface area contributed by atoms with Crippen LogP contribution in [0.4, 0.5) is 4.79 Å². The molecule has 1 unspecified atom stereocenters. The molecule has 6 nitrogen and oxygen atoms in total. The number of urea groups is 1. The Balaban J connectivity index is 2.88. The summed E-state index contributed by atoms with van der Waals surface area (Å²) in [6.45, 7) is 6.03. The van der Waals surface area contributed by atoms with Crippen molar-refractivity contribution in [2.45, 2.75) is 39.8 Å². The van der Waals surface area contributed by atoms with Gasteiger partial charge < -0.3 is 14.0 Å². The normalized spacial score (nSPS) is 12.6. The third kappa shape index (κ3) is 5.74. The zero-order chi connectivity index (χ0) is 17.6. The summed E-state index contributed by atoms with van der Waals surface area (Å²) in [6.07, 6.45) is 0.857. The average Bonchev–Trinajstić information content (AvgIpc) is 2.52. The van der Waals surface area contributed by atoms with Crippen molar-refractivity contribution in [3.63, 3.8) is 0 Å². The fraction of sp³-hybridized carbons (Fsp3) is 0.562. The van der Waals surface area contributed by atoms with E-state index in [0.29, 0.717) is 6.54 Å². The smallest absolute Gasteiger partial charge is 0.320 e.